The Balaban J connectivity index is 2.14. The number of hydrogen-bond acceptors (Lipinski definition) is 4. The highest BCUT2D eigenvalue weighted by Gasteiger charge is 2.21. The number of nitrogens with one attached hydrogen (secondary N) is 1. The van der Waals surface area contributed by atoms with Gasteiger partial charge in [-0.25, -0.2) is 12.8 Å². The van der Waals surface area contributed by atoms with Gasteiger partial charge in [-0.2, -0.15) is 0 Å². The first-order valence-electron chi connectivity index (χ1n) is 7.88. The van der Waals surface area contributed by atoms with Crippen LogP contribution in [0.15, 0.2) is 42.5 Å². The molecule has 0 radical (unpaired) electrons. The van der Waals surface area contributed by atoms with Gasteiger partial charge in [0.2, 0.25) is 10.0 Å². The van der Waals surface area contributed by atoms with Crippen LogP contribution in [0, 0.1) is 12.7 Å². The van der Waals surface area contributed by atoms with E-state index in [-0.39, 0.29) is 13.1 Å². The van der Waals surface area contributed by atoms with Crippen LogP contribution in [-0.2, 0) is 10.0 Å². The number of carbonyl (C=O) groups excluding carboxylic acids is 1. The largest absolute Gasteiger partial charge is 0.495 e. The third-order valence-electron chi connectivity index (χ3n) is 3.71. The number of halogens is 1. The minimum absolute atomic E-state index is 0.0333. The number of anilines is 1. The van der Waals surface area contributed by atoms with Crippen molar-refractivity contribution in [3.8, 4) is 5.75 Å². The van der Waals surface area contributed by atoms with Crippen molar-refractivity contribution in [1.29, 1.82) is 0 Å². The molecule has 0 atom stereocenters. The van der Waals surface area contributed by atoms with Gasteiger partial charge in [0, 0.05) is 12.1 Å². The molecule has 0 spiro atoms. The molecule has 0 aliphatic rings. The fourth-order valence-corrected chi connectivity index (χ4v) is 3.36. The molecule has 0 bridgehead atoms. The SMILES string of the molecule is COc1ccc(C)cc1N(CCNC(=O)c1ccc(F)cc1)S(C)(=O)=O. The number of nitrogens with zero attached hydrogens (tertiary/aromatic N) is 1. The summed E-state index contributed by atoms with van der Waals surface area (Å²) in [7, 11) is -2.12. The molecule has 6 nitrogen and oxygen atoms in total. The van der Waals surface area contributed by atoms with E-state index in [0.717, 1.165) is 11.8 Å². The van der Waals surface area contributed by atoms with Crippen LogP contribution in [0.25, 0.3) is 0 Å². The van der Waals surface area contributed by atoms with Crippen molar-refractivity contribution in [3.05, 3.63) is 59.4 Å². The molecule has 0 aliphatic carbocycles. The number of sulfonamides is 1. The maximum Gasteiger partial charge on any atom is 0.251 e. The minimum Gasteiger partial charge on any atom is -0.495 e. The molecule has 0 saturated carbocycles. The van der Waals surface area contributed by atoms with Crippen LogP contribution in [0.4, 0.5) is 10.1 Å². The number of hydrogen-bond donors (Lipinski definition) is 1. The van der Waals surface area contributed by atoms with Gasteiger partial charge in [-0.1, -0.05) is 6.07 Å². The van der Waals surface area contributed by atoms with Gasteiger partial charge in [-0.05, 0) is 48.9 Å². The van der Waals surface area contributed by atoms with E-state index < -0.39 is 21.7 Å². The van der Waals surface area contributed by atoms with Crippen molar-refractivity contribution in [3.63, 3.8) is 0 Å². The van der Waals surface area contributed by atoms with Crippen molar-refractivity contribution in [2.24, 2.45) is 0 Å². The summed E-state index contributed by atoms with van der Waals surface area (Å²) in [4.78, 5) is 12.1. The Morgan fingerprint density at radius 1 is 1.19 bits per heavy atom. The molecule has 2 rings (SSSR count). The average Bonchev–Trinajstić information content (AvgIpc) is 2.58. The smallest absolute Gasteiger partial charge is 0.251 e. The van der Waals surface area contributed by atoms with Gasteiger partial charge in [0.25, 0.3) is 5.91 Å². The molecule has 2 aromatic rings. The van der Waals surface area contributed by atoms with Gasteiger partial charge < -0.3 is 10.1 Å². The highest BCUT2D eigenvalue weighted by molar-refractivity contribution is 7.92. The standard InChI is InChI=1S/C18H21FN2O4S/c1-13-4-9-17(25-2)16(12-13)21(26(3,23)24)11-10-20-18(22)14-5-7-15(19)8-6-14/h4-9,12H,10-11H2,1-3H3,(H,20,22). The van der Waals surface area contributed by atoms with Crippen molar-refractivity contribution in [2.45, 2.75) is 6.92 Å². The van der Waals surface area contributed by atoms with Gasteiger partial charge in [0.15, 0.2) is 0 Å². The van der Waals surface area contributed by atoms with Crippen LogP contribution in [0.5, 0.6) is 5.75 Å². The normalized spacial score (nSPS) is 11.1. The van der Waals surface area contributed by atoms with E-state index in [0.29, 0.717) is 17.0 Å². The molecule has 1 amide bonds. The maximum atomic E-state index is 12.9. The topological polar surface area (TPSA) is 75.7 Å². The summed E-state index contributed by atoms with van der Waals surface area (Å²) in [5.41, 5.74) is 1.58. The van der Waals surface area contributed by atoms with Crippen molar-refractivity contribution in [1.82, 2.24) is 5.32 Å². The van der Waals surface area contributed by atoms with Gasteiger partial charge in [0.05, 0.1) is 25.6 Å². The highest BCUT2D eigenvalue weighted by Crippen LogP contribution is 2.30. The lowest BCUT2D eigenvalue weighted by atomic mass is 10.2. The van der Waals surface area contributed by atoms with Crippen LogP contribution >= 0.6 is 0 Å². The zero-order valence-electron chi connectivity index (χ0n) is 14.8. The summed E-state index contributed by atoms with van der Waals surface area (Å²) in [6.07, 6.45) is 1.09. The number of methoxy groups -OCH3 is 1. The summed E-state index contributed by atoms with van der Waals surface area (Å²) in [6.45, 7) is 1.96. The Morgan fingerprint density at radius 2 is 1.85 bits per heavy atom. The summed E-state index contributed by atoms with van der Waals surface area (Å²) >= 11 is 0. The third kappa shape index (κ3) is 4.95. The Bertz CT molecular complexity index is 883. The summed E-state index contributed by atoms with van der Waals surface area (Å²) in [5.74, 6) is -0.420. The van der Waals surface area contributed by atoms with Crippen LogP contribution in [0.1, 0.15) is 15.9 Å². The second-order valence-corrected chi connectivity index (χ2v) is 7.68. The second kappa shape index (κ2) is 8.18. The Kier molecular flexibility index (Phi) is 6.20. The number of ether oxygens (including phenoxy) is 1. The monoisotopic (exact) mass is 380 g/mol. The number of amides is 1. The molecule has 1 N–H and O–H groups in total. The number of aryl methyl sites for hydroxylation is 1. The minimum atomic E-state index is -3.58. The van der Waals surface area contributed by atoms with E-state index in [2.05, 4.69) is 5.32 Å². The third-order valence-corrected chi connectivity index (χ3v) is 4.89. The summed E-state index contributed by atoms with van der Waals surface area (Å²) < 4.78 is 43.8. The molecule has 26 heavy (non-hydrogen) atoms. The highest BCUT2D eigenvalue weighted by atomic mass is 32.2. The molecule has 0 heterocycles. The quantitative estimate of drug-likeness (QED) is 0.800. The van der Waals surface area contributed by atoms with Crippen LogP contribution in [0.2, 0.25) is 0 Å². The molecule has 0 aliphatic heterocycles. The predicted molar refractivity (Wildman–Crippen MR) is 98.7 cm³/mol. The Labute approximate surface area is 152 Å². The van der Waals surface area contributed by atoms with E-state index in [1.54, 1.807) is 12.1 Å². The molecule has 0 fully saturated rings. The number of rotatable bonds is 7. The molecular formula is C18H21FN2O4S. The van der Waals surface area contributed by atoms with Crippen LogP contribution in [-0.4, -0.2) is 40.8 Å². The van der Waals surface area contributed by atoms with Crippen LogP contribution < -0.4 is 14.4 Å². The van der Waals surface area contributed by atoms with E-state index in [9.17, 15) is 17.6 Å². The maximum absolute atomic E-state index is 12.9. The Morgan fingerprint density at radius 3 is 2.42 bits per heavy atom. The average molecular weight is 380 g/mol. The first-order valence-corrected chi connectivity index (χ1v) is 9.73. The van der Waals surface area contributed by atoms with E-state index in [4.69, 9.17) is 4.74 Å². The van der Waals surface area contributed by atoms with Gasteiger partial charge in [-0.15, -0.1) is 0 Å². The molecular weight excluding hydrogens is 359 g/mol. The molecule has 0 unspecified atom stereocenters. The van der Waals surface area contributed by atoms with E-state index in [1.165, 1.54) is 35.7 Å². The lowest BCUT2D eigenvalue weighted by molar-refractivity contribution is 0.0955. The zero-order valence-corrected chi connectivity index (χ0v) is 15.6. The first kappa shape index (κ1) is 19.7. The lowest BCUT2D eigenvalue weighted by Crippen LogP contribution is -2.38. The predicted octanol–water partition coefficient (Wildman–Crippen LogP) is 2.34. The molecule has 8 heteroatoms. The molecule has 2 aromatic carbocycles. The fraction of sp³-hybridized carbons (Fsp3) is 0.278. The fourth-order valence-electron chi connectivity index (χ4n) is 2.43. The Hall–Kier alpha value is -2.61. The van der Waals surface area contributed by atoms with Gasteiger partial charge in [-0.3, -0.25) is 9.10 Å². The van der Waals surface area contributed by atoms with Crippen molar-refractivity contribution >= 4 is 21.6 Å². The number of carbonyl (C=O) groups is 1. The lowest BCUT2D eigenvalue weighted by Gasteiger charge is -2.24. The van der Waals surface area contributed by atoms with E-state index in [1.807, 2.05) is 13.0 Å². The zero-order chi connectivity index (χ0) is 19.3. The van der Waals surface area contributed by atoms with Crippen molar-refractivity contribution in [2.75, 3.05) is 30.8 Å². The molecule has 0 saturated heterocycles. The first-order chi connectivity index (χ1) is 12.2. The van der Waals surface area contributed by atoms with Crippen LogP contribution in [0.3, 0.4) is 0 Å². The van der Waals surface area contributed by atoms with Gasteiger partial charge >= 0.3 is 0 Å². The van der Waals surface area contributed by atoms with Crippen molar-refractivity contribution < 1.29 is 22.3 Å². The molecule has 0 aromatic heterocycles. The summed E-state index contributed by atoms with van der Waals surface area (Å²) in [6, 6.07) is 10.3. The molecule has 140 valence electrons. The number of benzene rings is 2. The summed E-state index contributed by atoms with van der Waals surface area (Å²) in [5, 5.41) is 2.63. The van der Waals surface area contributed by atoms with Gasteiger partial charge in [0.1, 0.15) is 11.6 Å². The van der Waals surface area contributed by atoms with E-state index >= 15 is 0 Å². The second-order valence-electron chi connectivity index (χ2n) is 5.77.